The maximum Gasteiger partial charge on any atom is 0.459 e. The van der Waals surface area contributed by atoms with Crippen LogP contribution in [0.3, 0.4) is 0 Å². The zero-order chi connectivity index (χ0) is 31.2. The topological polar surface area (TPSA) is 158 Å². The number of para-hydroxylation sites is 1. The maximum absolute atomic E-state index is 14.3. The van der Waals surface area contributed by atoms with Crippen LogP contribution in [0.15, 0.2) is 81.4 Å². The van der Waals surface area contributed by atoms with Crippen LogP contribution < -0.4 is 20.9 Å². The van der Waals surface area contributed by atoms with Crippen molar-refractivity contribution in [3.8, 4) is 5.75 Å². The van der Waals surface area contributed by atoms with E-state index in [4.69, 9.17) is 18.5 Å². The first-order valence-electron chi connectivity index (χ1n) is 14.2. The zero-order valence-electron chi connectivity index (χ0n) is 23.7. The summed E-state index contributed by atoms with van der Waals surface area (Å²) in [6.07, 6.45) is 1.88. The SMILES string of the molecule is O=C(OCc1ccccc1)C1(NP(=O)(OC[C@H]2O[C@@H](n3cc(/C=C/Br)c(=O)[nH]c3=O)CC2O)Oc2ccccc2)CCCC1. The molecular weight excluding hydrogens is 657 g/mol. The number of hydrogen-bond donors (Lipinski definition) is 3. The molecule has 1 saturated carbocycles. The molecule has 1 aliphatic heterocycles. The van der Waals surface area contributed by atoms with Crippen molar-refractivity contribution in [2.45, 2.75) is 62.7 Å². The van der Waals surface area contributed by atoms with E-state index in [2.05, 4.69) is 26.0 Å². The summed E-state index contributed by atoms with van der Waals surface area (Å²) in [6.45, 7) is -0.343. The summed E-state index contributed by atoms with van der Waals surface area (Å²) >= 11 is 3.11. The molecule has 2 aliphatic rings. The number of aliphatic hydroxyl groups excluding tert-OH is 1. The Morgan fingerprint density at radius 2 is 1.82 bits per heavy atom. The van der Waals surface area contributed by atoms with Crippen molar-refractivity contribution in [3.63, 3.8) is 0 Å². The summed E-state index contributed by atoms with van der Waals surface area (Å²) < 4.78 is 38.8. The fourth-order valence-corrected chi connectivity index (χ4v) is 7.30. The highest BCUT2D eigenvalue weighted by molar-refractivity contribution is 9.11. The fourth-order valence-electron chi connectivity index (χ4n) is 5.27. The fraction of sp³-hybridized carbons (Fsp3) is 0.367. The van der Waals surface area contributed by atoms with Gasteiger partial charge in [-0.25, -0.2) is 9.36 Å². The number of aromatic nitrogens is 2. The van der Waals surface area contributed by atoms with Gasteiger partial charge in [-0.15, -0.1) is 0 Å². The average Bonchev–Trinajstić information content (AvgIpc) is 3.64. The molecule has 3 N–H and O–H groups in total. The van der Waals surface area contributed by atoms with Gasteiger partial charge >= 0.3 is 19.4 Å². The Morgan fingerprint density at radius 3 is 2.50 bits per heavy atom. The van der Waals surface area contributed by atoms with E-state index in [1.165, 1.54) is 21.8 Å². The quantitative estimate of drug-likeness (QED) is 0.184. The predicted octanol–water partition coefficient (Wildman–Crippen LogP) is 4.40. The van der Waals surface area contributed by atoms with Gasteiger partial charge in [0.2, 0.25) is 0 Å². The Bertz CT molecular complexity index is 1620. The van der Waals surface area contributed by atoms with Crippen LogP contribution in [0.4, 0.5) is 0 Å². The standard InChI is InChI=1S/C30H33BrN3O9P/c31-16-13-22-18-34(29(38)32-27(22)36)26-17-24(35)25(42-26)20-41-44(39,43-23-11-5-2-6-12-23)33-30(14-7-8-15-30)28(37)40-19-21-9-3-1-4-10-21/h1-6,9-13,16,18,24-26,35H,7-8,14-15,17,19-20H2,(H,33,39)(H,32,36,38)/b16-13+/t24?,25-,26-,44?/m1/s1. The Balaban J connectivity index is 1.33. The molecule has 0 spiro atoms. The summed E-state index contributed by atoms with van der Waals surface area (Å²) in [5.41, 5.74) is -1.59. The molecule has 1 aliphatic carbocycles. The number of aromatic amines is 1. The van der Waals surface area contributed by atoms with Crippen LogP contribution in [-0.4, -0.2) is 45.0 Å². The summed E-state index contributed by atoms with van der Waals surface area (Å²) in [5, 5.41) is 13.7. The first-order valence-corrected chi connectivity index (χ1v) is 16.6. The van der Waals surface area contributed by atoms with Gasteiger partial charge in [0.1, 0.15) is 30.2 Å². The van der Waals surface area contributed by atoms with Gasteiger partial charge in [-0.05, 0) is 41.6 Å². The average molecular weight is 690 g/mol. The van der Waals surface area contributed by atoms with Gasteiger partial charge in [0, 0.05) is 12.6 Å². The van der Waals surface area contributed by atoms with E-state index in [-0.39, 0.29) is 24.3 Å². The summed E-state index contributed by atoms with van der Waals surface area (Å²) in [6, 6.07) is 17.6. The van der Waals surface area contributed by atoms with Crippen molar-refractivity contribution >= 4 is 35.7 Å². The molecule has 44 heavy (non-hydrogen) atoms. The molecule has 3 aromatic rings. The van der Waals surface area contributed by atoms with Crippen LogP contribution in [-0.2, 0) is 30.0 Å². The first kappa shape index (κ1) is 32.1. The van der Waals surface area contributed by atoms with Gasteiger partial charge in [-0.2, -0.15) is 5.09 Å². The molecule has 1 saturated heterocycles. The lowest BCUT2D eigenvalue weighted by Gasteiger charge is -2.32. The van der Waals surface area contributed by atoms with Crippen LogP contribution in [0, 0.1) is 0 Å². The molecule has 0 radical (unpaired) electrons. The third-order valence-corrected chi connectivity index (χ3v) is 9.45. The monoisotopic (exact) mass is 689 g/mol. The highest BCUT2D eigenvalue weighted by Crippen LogP contribution is 2.50. The normalized spacial score (nSPS) is 22.5. The molecule has 12 nitrogen and oxygen atoms in total. The van der Waals surface area contributed by atoms with Crippen LogP contribution in [0.2, 0.25) is 0 Å². The van der Waals surface area contributed by atoms with Crippen molar-refractivity contribution in [1.82, 2.24) is 14.6 Å². The van der Waals surface area contributed by atoms with Crippen molar-refractivity contribution in [2.75, 3.05) is 6.61 Å². The number of aliphatic hydroxyl groups is 1. The lowest BCUT2D eigenvalue weighted by atomic mass is 10.00. The zero-order valence-corrected chi connectivity index (χ0v) is 26.2. The van der Waals surface area contributed by atoms with Crippen molar-refractivity contribution in [2.24, 2.45) is 0 Å². The Labute approximate surface area is 261 Å². The maximum atomic E-state index is 14.3. The van der Waals surface area contributed by atoms with Crippen molar-refractivity contribution in [1.29, 1.82) is 0 Å². The third-order valence-electron chi connectivity index (χ3n) is 7.54. The number of nitrogens with zero attached hydrogens (tertiary/aromatic N) is 1. The second-order valence-electron chi connectivity index (χ2n) is 10.6. The minimum absolute atomic E-state index is 0.00443. The summed E-state index contributed by atoms with van der Waals surface area (Å²) in [5.74, 6) is -0.325. The van der Waals surface area contributed by atoms with E-state index in [0.29, 0.717) is 25.7 Å². The van der Waals surface area contributed by atoms with E-state index in [1.54, 1.807) is 30.3 Å². The van der Waals surface area contributed by atoms with Crippen LogP contribution in [0.1, 0.15) is 49.5 Å². The number of hydrogen-bond acceptors (Lipinski definition) is 9. The molecule has 14 heteroatoms. The number of nitrogens with one attached hydrogen (secondary N) is 2. The smallest absolute Gasteiger partial charge is 0.459 e. The lowest BCUT2D eigenvalue weighted by molar-refractivity contribution is -0.152. The molecule has 5 rings (SSSR count). The van der Waals surface area contributed by atoms with Crippen molar-refractivity contribution < 1.29 is 33.0 Å². The second-order valence-corrected chi connectivity index (χ2v) is 12.8. The Morgan fingerprint density at radius 1 is 1.14 bits per heavy atom. The molecule has 0 amide bonds. The van der Waals surface area contributed by atoms with Gasteiger partial charge in [0.05, 0.1) is 18.3 Å². The first-order chi connectivity index (χ1) is 21.2. The number of esters is 1. The molecule has 2 fully saturated rings. The number of carbonyl (C=O) groups is 1. The molecule has 234 valence electrons. The molecule has 2 aromatic carbocycles. The number of ether oxygens (including phenoxy) is 2. The summed E-state index contributed by atoms with van der Waals surface area (Å²) in [7, 11) is -4.28. The Hall–Kier alpha value is -3.32. The number of halogens is 1. The van der Waals surface area contributed by atoms with Crippen molar-refractivity contribution in [3.05, 3.63) is 104 Å². The van der Waals surface area contributed by atoms with E-state index in [0.717, 1.165) is 5.56 Å². The number of rotatable bonds is 12. The van der Waals surface area contributed by atoms with Gasteiger partial charge in [0.15, 0.2) is 0 Å². The highest BCUT2D eigenvalue weighted by Gasteiger charge is 2.50. The highest BCUT2D eigenvalue weighted by atomic mass is 79.9. The number of carbonyl (C=O) groups excluding carboxylic acids is 1. The van der Waals surface area contributed by atoms with Gasteiger partial charge < -0.3 is 19.1 Å². The molecule has 1 aromatic heterocycles. The van der Waals surface area contributed by atoms with Gasteiger partial charge in [-0.1, -0.05) is 77.3 Å². The second kappa shape index (κ2) is 14.2. The third kappa shape index (κ3) is 7.66. The van der Waals surface area contributed by atoms with Crippen LogP contribution >= 0.6 is 23.7 Å². The molecular formula is C30H33BrN3O9P. The van der Waals surface area contributed by atoms with Gasteiger partial charge in [-0.3, -0.25) is 23.7 Å². The molecule has 4 atom stereocenters. The van der Waals surface area contributed by atoms with E-state index >= 15 is 0 Å². The lowest BCUT2D eigenvalue weighted by Crippen LogP contribution is -2.50. The number of H-pyrrole nitrogens is 1. The summed E-state index contributed by atoms with van der Waals surface area (Å²) in [4.78, 5) is 41.8. The van der Waals surface area contributed by atoms with Gasteiger partial charge in [0.25, 0.3) is 5.56 Å². The minimum atomic E-state index is -4.28. The van der Waals surface area contributed by atoms with E-state index in [9.17, 15) is 24.1 Å². The molecule has 2 heterocycles. The molecule has 0 bridgehead atoms. The molecule has 2 unspecified atom stereocenters. The minimum Gasteiger partial charge on any atom is -0.459 e. The van der Waals surface area contributed by atoms with E-state index in [1.807, 2.05) is 30.3 Å². The van der Waals surface area contributed by atoms with E-state index < -0.39 is 55.5 Å². The van der Waals surface area contributed by atoms with Crippen LogP contribution in [0.5, 0.6) is 5.75 Å². The Kier molecular flexibility index (Phi) is 10.3. The largest absolute Gasteiger partial charge is 0.459 e. The van der Waals surface area contributed by atoms with Crippen LogP contribution in [0.25, 0.3) is 6.08 Å². The predicted molar refractivity (Wildman–Crippen MR) is 165 cm³/mol. The number of benzene rings is 2.